The van der Waals surface area contributed by atoms with Crippen molar-refractivity contribution in [3.8, 4) is 17.0 Å². The van der Waals surface area contributed by atoms with Crippen LogP contribution in [-0.2, 0) is 0 Å². The molecule has 3 aromatic carbocycles. The van der Waals surface area contributed by atoms with Gasteiger partial charge < -0.3 is 4.74 Å². The molecule has 4 nitrogen and oxygen atoms in total. The summed E-state index contributed by atoms with van der Waals surface area (Å²) in [5.41, 5.74) is 3.75. The van der Waals surface area contributed by atoms with Gasteiger partial charge in [-0.05, 0) is 42.5 Å². The van der Waals surface area contributed by atoms with Crippen molar-refractivity contribution < 1.29 is 4.74 Å². The molecule has 1 heterocycles. The zero-order valence-corrected chi connectivity index (χ0v) is 19.2. The average Bonchev–Trinajstić information content (AvgIpc) is 3.16. The molecule has 0 fully saturated rings. The number of methoxy groups -OCH3 is 1. The largest absolute Gasteiger partial charge is 0.497 e. The lowest BCUT2D eigenvalue weighted by Gasteiger charge is -2.04. The van der Waals surface area contributed by atoms with E-state index in [2.05, 4.69) is 15.9 Å². The molecule has 0 saturated heterocycles. The Bertz CT molecular complexity index is 1240. The van der Waals surface area contributed by atoms with Gasteiger partial charge in [-0.25, -0.2) is 9.67 Å². The molecule has 1 aromatic heterocycles. The fourth-order valence-electron chi connectivity index (χ4n) is 2.77. The van der Waals surface area contributed by atoms with Gasteiger partial charge in [0, 0.05) is 26.0 Å². The first-order valence-corrected chi connectivity index (χ1v) is 11.1. The van der Waals surface area contributed by atoms with Crippen LogP contribution in [0, 0.1) is 0 Å². The highest BCUT2D eigenvalue weighted by molar-refractivity contribution is 9.10. The molecule has 0 saturated carbocycles. The summed E-state index contributed by atoms with van der Waals surface area (Å²) < 4.78 is 8.05. The minimum Gasteiger partial charge on any atom is -0.497 e. The Labute approximate surface area is 191 Å². The average molecular weight is 499 g/mol. The molecule has 0 aliphatic carbocycles. The molecular weight excluding hydrogens is 482 g/mol. The molecule has 7 heteroatoms. The van der Waals surface area contributed by atoms with Crippen molar-refractivity contribution in [3.63, 3.8) is 0 Å². The number of thiazole rings is 1. The van der Waals surface area contributed by atoms with Crippen LogP contribution < -0.4 is 9.54 Å². The van der Waals surface area contributed by atoms with Crippen molar-refractivity contribution in [1.29, 1.82) is 0 Å². The first-order chi connectivity index (χ1) is 14.6. The van der Waals surface area contributed by atoms with Crippen molar-refractivity contribution in [2.24, 2.45) is 10.1 Å². The molecule has 0 spiro atoms. The van der Waals surface area contributed by atoms with Crippen molar-refractivity contribution in [3.05, 3.63) is 98.0 Å². The number of hydrogen-bond donors (Lipinski definition) is 0. The Morgan fingerprint density at radius 1 is 1.00 bits per heavy atom. The highest BCUT2D eigenvalue weighted by Gasteiger charge is 2.08. The molecule has 4 rings (SSSR count). The van der Waals surface area contributed by atoms with Gasteiger partial charge in [0.05, 0.1) is 24.7 Å². The number of ether oxygens (including phenoxy) is 1. The van der Waals surface area contributed by atoms with Crippen LogP contribution in [0.4, 0.5) is 5.69 Å². The third-order valence-electron chi connectivity index (χ3n) is 4.34. The van der Waals surface area contributed by atoms with Gasteiger partial charge in [0.2, 0.25) is 4.80 Å². The van der Waals surface area contributed by atoms with E-state index in [1.54, 1.807) is 7.11 Å². The highest BCUT2D eigenvalue weighted by atomic mass is 79.9. The zero-order valence-electron chi connectivity index (χ0n) is 16.0. The maximum atomic E-state index is 6.07. The summed E-state index contributed by atoms with van der Waals surface area (Å²) in [4.78, 5) is 5.55. The Morgan fingerprint density at radius 3 is 2.43 bits per heavy atom. The molecule has 0 radical (unpaired) electrons. The van der Waals surface area contributed by atoms with Crippen LogP contribution >= 0.6 is 38.9 Å². The normalized spacial score (nSPS) is 11.9. The summed E-state index contributed by atoms with van der Waals surface area (Å²) in [5, 5.41) is 7.49. The predicted octanol–water partition coefficient (Wildman–Crippen LogP) is 6.76. The fraction of sp³-hybridized carbons (Fsp3) is 0.0435. The second-order valence-electron chi connectivity index (χ2n) is 6.30. The lowest BCUT2D eigenvalue weighted by Crippen LogP contribution is -2.11. The van der Waals surface area contributed by atoms with Crippen LogP contribution in [0.15, 0.2) is 92.7 Å². The summed E-state index contributed by atoms with van der Waals surface area (Å²) in [7, 11) is 1.65. The SMILES string of the molecule is COc1ccc(N=c2scc(-c3ccc(Cl)cc3)n2/N=C/c2ccccc2Br)cc1. The van der Waals surface area contributed by atoms with E-state index in [0.717, 1.165) is 37.5 Å². The molecule has 150 valence electrons. The van der Waals surface area contributed by atoms with Crippen LogP contribution in [-0.4, -0.2) is 18.0 Å². The van der Waals surface area contributed by atoms with Crippen LogP contribution in [0.2, 0.25) is 5.02 Å². The Morgan fingerprint density at radius 2 is 1.73 bits per heavy atom. The summed E-state index contributed by atoms with van der Waals surface area (Å²) in [6, 6.07) is 23.3. The van der Waals surface area contributed by atoms with Gasteiger partial charge in [0.25, 0.3) is 0 Å². The van der Waals surface area contributed by atoms with Crippen LogP contribution in [0.5, 0.6) is 5.75 Å². The molecule has 0 unspecified atom stereocenters. The third-order valence-corrected chi connectivity index (χ3v) is 6.13. The van der Waals surface area contributed by atoms with E-state index in [9.17, 15) is 0 Å². The number of nitrogens with zero attached hydrogens (tertiary/aromatic N) is 3. The third kappa shape index (κ3) is 4.73. The molecule has 0 atom stereocenters. The van der Waals surface area contributed by atoms with Gasteiger partial charge in [-0.3, -0.25) is 0 Å². The highest BCUT2D eigenvalue weighted by Crippen LogP contribution is 2.24. The summed E-state index contributed by atoms with van der Waals surface area (Å²) in [6.45, 7) is 0. The van der Waals surface area contributed by atoms with E-state index in [4.69, 9.17) is 26.4 Å². The predicted molar refractivity (Wildman–Crippen MR) is 128 cm³/mol. The summed E-state index contributed by atoms with van der Waals surface area (Å²) >= 11 is 11.2. The Balaban J connectivity index is 1.82. The number of halogens is 2. The fourth-order valence-corrected chi connectivity index (χ4v) is 4.14. The van der Waals surface area contributed by atoms with Gasteiger partial charge >= 0.3 is 0 Å². The van der Waals surface area contributed by atoms with Crippen molar-refractivity contribution >= 4 is 50.8 Å². The number of rotatable bonds is 5. The maximum absolute atomic E-state index is 6.07. The molecule has 0 bridgehead atoms. The van der Waals surface area contributed by atoms with E-state index in [1.165, 1.54) is 11.3 Å². The molecule has 4 aromatic rings. The number of hydrogen-bond acceptors (Lipinski definition) is 4. The first kappa shape index (κ1) is 20.6. The van der Waals surface area contributed by atoms with E-state index >= 15 is 0 Å². The quantitative estimate of drug-likeness (QED) is 0.280. The van der Waals surface area contributed by atoms with E-state index in [1.807, 2.05) is 89.1 Å². The monoisotopic (exact) mass is 497 g/mol. The van der Waals surface area contributed by atoms with Gasteiger partial charge in [0.1, 0.15) is 5.75 Å². The van der Waals surface area contributed by atoms with Crippen LogP contribution in [0.3, 0.4) is 0 Å². The lowest BCUT2D eigenvalue weighted by atomic mass is 10.2. The molecule has 0 N–H and O–H groups in total. The molecule has 0 aliphatic heterocycles. The Hall–Kier alpha value is -2.67. The maximum Gasteiger partial charge on any atom is 0.211 e. The molecule has 0 amide bonds. The molecular formula is C23H17BrClN3OS. The van der Waals surface area contributed by atoms with Gasteiger partial charge in [-0.1, -0.05) is 57.9 Å². The van der Waals surface area contributed by atoms with Gasteiger partial charge in [-0.15, -0.1) is 11.3 Å². The number of benzene rings is 3. The minimum atomic E-state index is 0.695. The van der Waals surface area contributed by atoms with E-state index in [0.29, 0.717) is 5.02 Å². The zero-order chi connectivity index (χ0) is 20.9. The molecule has 30 heavy (non-hydrogen) atoms. The van der Waals surface area contributed by atoms with Crippen molar-refractivity contribution in [2.75, 3.05) is 7.11 Å². The topological polar surface area (TPSA) is 38.9 Å². The lowest BCUT2D eigenvalue weighted by molar-refractivity contribution is 0.415. The smallest absolute Gasteiger partial charge is 0.211 e. The van der Waals surface area contributed by atoms with Crippen LogP contribution in [0.1, 0.15) is 5.56 Å². The van der Waals surface area contributed by atoms with Crippen molar-refractivity contribution in [1.82, 2.24) is 4.68 Å². The standard InChI is InChI=1S/C23H17BrClN3OS/c1-29-20-12-10-19(11-13-20)27-23-28(26-14-17-4-2-3-5-21(17)24)22(15-30-23)16-6-8-18(25)9-7-16/h2-15H,1H3/b26-14+,27-23?. The van der Waals surface area contributed by atoms with Gasteiger partial charge in [-0.2, -0.15) is 5.10 Å². The number of aromatic nitrogens is 1. The summed E-state index contributed by atoms with van der Waals surface area (Å²) in [6.07, 6.45) is 1.82. The van der Waals surface area contributed by atoms with Crippen molar-refractivity contribution in [2.45, 2.75) is 0 Å². The van der Waals surface area contributed by atoms with E-state index < -0.39 is 0 Å². The first-order valence-electron chi connectivity index (χ1n) is 9.08. The van der Waals surface area contributed by atoms with Gasteiger partial charge in [0.15, 0.2) is 0 Å². The second kappa shape index (κ2) is 9.43. The Kier molecular flexibility index (Phi) is 6.47. The second-order valence-corrected chi connectivity index (χ2v) is 8.43. The summed E-state index contributed by atoms with van der Waals surface area (Å²) in [5.74, 6) is 0.793. The minimum absolute atomic E-state index is 0.695. The van der Waals surface area contributed by atoms with Crippen LogP contribution in [0.25, 0.3) is 11.3 Å². The molecule has 0 aliphatic rings. The van der Waals surface area contributed by atoms with E-state index in [-0.39, 0.29) is 0 Å².